The van der Waals surface area contributed by atoms with Crippen LogP contribution in [-0.2, 0) is 0 Å². The zero-order chi connectivity index (χ0) is 17.0. The molecule has 24 heavy (non-hydrogen) atoms. The van der Waals surface area contributed by atoms with Crippen LogP contribution in [0.3, 0.4) is 0 Å². The van der Waals surface area contributed by atoms with E-state index >= 15 is 0 Å². The third-order valence-corrected chi connectivity index (χ3v) is 4.82. The molecule has 1 aromatic carbocycles. The van der Waals surface area contributed by atoms with Gasteiger partial charge in [-0.1, -0.05) is 0 Å². The minimum absolute atomic E-state index is 0.0932. The fourth-order valence-electron chi connectivity index (χ4n) is 2.65. The largest absolute Gasteiger partial charge is 0.477 e. The summed E-state index contributed by atoms with van der Waals surface area (Å²) in [5.74, 6) is -3.71. The van der Waals surface area contributed by atoms with Crippen molar-refractivity contribution < 1.29 is 18.7 Å². The van der Waals surface area contributed by atoms with Crippen LogP contribution in [-0.4, -0.2) is 27.7 Å². The summed E-state index contributed by atoms with van der Waals surface area (Å²) < 4.78 is 29.7. The molecule has 2 aromatic heterocycles. The van der Waals surface area contributed by atoms with Gasteiger partial charge in [0.15, 0.2) is 11.6 Å². The van der Waals surface area contributed by atoms with Crippen LogP contribution in [0.5, 0.6) is 0 Å². The minimum atomic E-state index is -1.40. The number of carboxylic acid groups (broad SMARTS) is 1. The summed E-state index contributed by atoms with van der Waals surface area (Å²) in [6.07, 6.45) is 4.55. The van der Waals surface area contributed by atoms with Crippen LogP contribution in [0.15, 0.2) is 27.4 Å². The lowest BCUT2D eigenvalue weighted by Crippen LogP contribution is -2.18. The molecular weight excluding hydrogens is 338 g/mol. The maximum absolute atomic E-state index is 14.3. The van der Waals surface area contributed by atoms with Gasteiger partial charge in [-0.05, 0) is 18.9 Å². The molecule has 0 unspecified atom stereocenters. The van der Waals surface area contributed by atoms with Crippen molar-refractivity contribution in [2.24, 2.45) is 4.99 Å². The lowest BCUT2D eigenvalue weighted by Gasteiger charge is -2.09. The van der Waals surface area contributed by atoms with E-state index in [9.17, 15) is 23.5 Å². The van der Waals surface area contributed by atoms with E-state index in [-0.39, 0.29) is 27.3 Å². The maximum atomic E-state index is 14.3. The lowest BCUT2D eigenvalue weighted by molar-refractivity contribution is 0.0697. The van der Waals surface area contributed by atoms with E-state index < -0.39 is 28.6 Å². The van der Waals surface area contributed by atoms with Crippen molar-refractivity contribution in [3.05, 3.63) is 50.6 Å². The first-order valence-corrected chi connectivity index (χ1v) is 8.07. The smallest absolute Gasteiger partial charge is 0.342 e. The highest BCUT2D eigenvalue weighted by Crippen LogP contribution is 2.28. The number of aromatic carboxylic acids is 1. The molecule has 1 aliphatic rings. The molecule has 0 atom stereocenters. The predicted molar refractivity (Wildman–Crippen MR) is 86.5 cm³/mol. The van der Waals surface area contributed by atoms with Crippen molar-refractivity contribution in [1.29, 1.82) is 0 Å². The Hall–Kier alpha value is -2.61. The number of hydrogen-bond acceptors (Lipinski definition) is 4. The average molecular weight is 348 g/mol. The first-order chi connectivity index (χ1) is 11.5. The maximum Gasteiger partial charge on any atom is 0.342 e. The standard InChI is InChI=1S/C16H10F2N2O3S/c17-10-5-8-13(9(12(10)18)6-19-7-1-2-7)20-3-4-24-15(20)11(14(8)21)16(22)23/h3-7H,1-2H2,(H,22,23). The molecule has 1 saturated carbocycles. The highest BCUT2D eigenvalue weighted by Gasteiger charge is 2.24. The molecule has 0 aliphatic heterocycles. The number of carbonyl (C=O) groups is 1. The van der Waals surface area contributed by atoms with E-state index in [4.69, 9.17) is 0 Å². The number of nitrogens with zero attached hydrogens (tertiary/aromatic N) is 2. The number of aromatic nitrogens is 1. The Balaban J connectivity index is 2.20. The molecule has 8 heteroatoms. The molecule has 0 saturated heterocycles. The Labute approximate surface area is 137 Å². The zero-order valence-electron chi connectivity index (χ0n) is 12.1. The summed E-state index contributed by atoms with van der Waals surface area (Å²) in [4.78, 5) is 28.3. The molecule has 0 spiro atoms. The monoisotopic (exact) mass is 348 g/mol. The lowest BCUT2D eigenvalue weighted by atomic mass is 10.1. The van der Waals surface area contributed by atoms with Gasteiger partial charge in [0.05, 0.1) is 22.5 Å². The number of thiazole rings is 1. The summed E-state index contributed by atoms with van der Waals surface area (Å²) in [6.45, 7) is 0. The molecule has 0 bridgehead atoms. The van der Waals surface area contributed by atoms with Gasteiger partial charge in [-0.2, -0.15) is 0 Å². The highest BCUT2D eigenvalue weighted by molar-refractivity contribution is 7.16. The van der Waals surface area contributed by atoms with Crippen molar-refractivity contribution in [1.82, 2.24) is 4.40 Å². The van der Waals surface area contributed by atoms with Crippen LogP contribution in [0.2, 0.25) is 0 Å². The van der Waals surface area contributed by atoms with Crippen molar-refractivity contribution in [3.8, 4) is 0 Å². The van der Waals surface area contributed by atoms with Crippen LogP contribution >= 0.6 is 11.3 Å². The van der Waals surface area contributed by atoms with Gasteiger partial charge in [0.2, 0.25) is 5.43 Å². The van der Waals surface area contributed by atoms with Gasteiger partial charge < -0.3 is 9.51 Å². The summed E-state index contributed by atoms with van der Waals surface area (Å²) in [7, 11) is 0. The van der Waals surface area contributed by atoms with Gasteiger partial charge in [0, 0.05) is 17.8 Å². The number of rotatable bonds is 3. The molecule has 122 valence electrons. The fourth-order valence-corrected chi connectivity index (χ4v) is 3.52. The van der Waals surface area contributed by atoms with E-state index in [0.717, 1.165) is 30.2 Å². The number of benzene rings is 1. The van der Waals surface area contributed by atoms with Gasteiger partial charge >= 0.3 is 5.97 Å². The number of halogens is 2. The topological polar surface area (TPSA) is 71.1 Å². The Morgan fingerprint density at radius 2 is 2.17 bits per heavy atom. The van der Waals surface area contributed by atoms with Gasteiger partial charge in [0.25, 0.3) is 0 Å². The second kappa shape index (κ2) is 5.20. The van der Waals surface area contributed by atoms with E-state index in [1.165, 1.54) is 16.8 Å². The quantitative estimate of drug-likeness (QED) is 0.740. The van der Waals surface area contributed by atoms with Gasteiger partial charge in [-0.15, -0.1) is 11.3 Å². The first kappa shape index (κ1) is 14.9. The second-order valence-electron chi connectivity index (χ2n) is 5.58. The molecule has 0 amide bonds. The summed E-state index contributed by atoms with van der Waals surface area (Å²) in [6, 6.07) is 0.841. The summed E-state index contributed by atoms with van der Waals surface area (Å²) in [5.41, 5.74) is -1.29. The third kappa shape index (κ3) is 2.14. The van der Waals surface area contributed by atoms with Gasteiger partial charge in [-0.25, -0.2) is 13.6 Å². The van der Waals surface area contributed by atoms with E-state index in [1.807, 2.05) is 0 Å². The number of pyridine rings is 1. The zero-order valence-corrected chi connectivity index (χ0v) is 12.9. The molecule has 4 rings (SSSR count). The van der Waals surface area contributed by atoms with Crippen molar-refractivity contribution >= 4 is 39.3 Å². The Morgan fingerprint density at radius 1 is 1.42 bits per heavy atom. The van der Waals surface area contributed by atoms with Crippen LogP contribution in [0.25, 0.3) is 15.7 Å². The second-order valence-corrected chi connectivity index (χ2v) is 6.47. The van der Waals surface area contributed by atoms with Crippen molar-refractivity contribution in [2.75, 3.05) is 0 Å². The molecule has 1 N–H and O–H groups in total. The van der Waals surface area contributed by atoms with E-state index in [2.05, 4.69) is 4.99 Å². The molecular formula is C16H10F2N2O3S. The molecule has 2 heterocycles. The normalized spacial score (nSPS) is 14.9. The Morgan fingerprint density at radius 3 is 2.83 bits per heavy atom. The molecule has 1 fully saturated rings. The number of aliphatic imine (C=N–C) groups is 1. The summed E-state index contributed by atoms with van der Waals surface area (Å²) >= 11 is 1.05. The third-order valence-electron chi connectivity index (χ3n) is 3.94. The van der Waals surface area contributed by atoms with Gasteiger partial charge in [0.1, 0.15) is 10.4 Å². The van der Waals surface area contributed by atoms with Crippen LogP contribution in [0.1, 0.15) is 28.8 Å². The average Bonchev–Trinajstić information content (AvgIpc) is 3.24. The molecule has 0 radical (unpaired) electrons. The summed E-state index contributed by atoms with van der Waals surface area (Å²) in [5, 5.41) is 10.7. The molecule has 1 aliphatic carbocycles. The molecule has 5 nitrogen and oxygen atoms in total. The SMILES string of the molecule is O=C(O)c1c(=O)c2cc(F)c(F)c(C=NC3CC3)c2n2ccsc12. The Bertz CT molecular complexity index is 1100. The number of fused-ring (bicyclic) bond motifs is 3. The highest BCUT2D eigenvalue weighted by atomic mass is 32.1. The van der Waals surface area contributed by atoms with Crippen LogP contribution in [0.4, 0.5) is 8.78 Å². The van der Waals surface area contributed by atoms with E-state index in [1.54, 1.807) is 5.38 Å². The van der Waals surface area contributed by atoms with Gasteiger partial charge in [-0.3, -0.25) is 9.79 Å². The minimum Gasteiger partial charge on any atom is -0.477 e. The molecule has 3 aromatic rings. The van der Waals surface area contributed by atoms with Crippen molar-refractivity contribution in [2.45, 2.75) is 18.9 Å². The van der Waals surface area contributed by atoms with Crippen molar-refractivity contribution in [3.63, 3.8) is 0 Å². The first-order valence-electron chi connectivity index (χ1n) is 7.19. The Kier molecular flexibility index (Phi) is 3.24. The van der Waals surface area contributed by atoms with E-state index in [0.29, 0.717) is 0 Å². The predicted octanol–water partition coefficient (Wildman–Crippen LogP) is 3.07. The number of hydrogen-bond donors (Lipinski definition) is 1. The number of carboxylic acids is 1. The van der Waals surface area contributed by atoms with Crippen LogP contribution < -0.4 is 5.43 Å². The fraction of sp³-hybridized carbons (Fsp3) is 0.188. The van der Waals surface area contributed by atoms with Crippen LogP contribution in [0, 0.1) is 11.6 Å².